The van der Waals surface area contributed by atoms with Crippen LogP contribution in [0.3, 0.4) is 0 Å². The molecule has 5 heteroatoms. The standard InChI is InChI=1S/C15H18ClNO3/c1-15(2,3)20-14(19)17-9-8-12(13(17)18)10-4-6-11(16)7-5-10/h4-7,12H,8-9H2,1-3H3/t12-/m0/s1. The van der Waals surface area contributed by atoms with E-state index in [0.717, 1.165) is 5.56 Å². The molecule has 0 spiro atoms. The number of carbonyl (C=O) groups excluding carboxylic acids is 2. The summed E-state index contributed by atoms with van der Waals surface area (Å²) in [6, 6.07) is 7.15. The van der Waals surface area contributed by atoms with E-state index in [1.54, 1.807) is 32.9 Å². The van der Waals surface area contributed by atoms with E-state index >= 15 is 0 Å². The Morgan fingerprint density at radius 3 is 2.45 bits per heavy atom. The Balaban J connectivity index is 2.09. The molecule has 0 radical (unpaired) electrons. The Morgan fingerprint density at radius 1 is 1.30 bits per heavy atom. The molecule has 0 bridgehead atoms. The summed E-state index contributed by atoms with van der Waals surface area (Å²) in [5.41, 5.74) is 0.279. The van der Waals surface area contributed by atoms with Crippen molar-refractivity contribution in [2.75, 3.05) is 6.54 Å². The Hall–Kier alpha value is -1.55. The lowest BCUT2D eigenvalue weighted by Gasteiger charge is -2.23. The average Bonchev–Trinajstić information content (AvgIpc) is 2.70. The number of imide groups is 1. The maximum Gasteiger partial charge on any atom is 0.417 e. The number of amides is 2. The lowest BCUT2D eigenvalue weighted by molar-refractivity contribution is -0.128. The average molecular weight is 296 g/mol. The monoisotopic (exact) mass is 295 g/mol. The topological polar surface area (TPSA) is 46.6 Å². The molecule has 1 aromatic rings. The van der Waals surface area contributed by atoms with Crippen molar-refractivity contribution < 1.29 is 14.3 Å². The predicted octanol–water partition coefficient (Wildman–Crippen LogP) is 3.59. The van der Waals surface area contributed by atoms with Crippen molar-refractivity contribution in [2.24, 2.45) is 0 Å². The SMILES string of the molecule is CC(C)(C)OC(=O)N1CC[C@@H](c2ccc(Cl)cc2)C1=O. The highest BCUT2D eigenvalue weighted by Crippen LogP contribution is 2.30. The molecule has 0 N–H and O–H groups in total. The van der Waals surface area contributed by atoms with E-state index in [0.29, 0.717) is 18.0 Å². The van der Waals surface area contributed by atoms with Gasteiger partial charge in [0.2, 0.25) is 5.91 Å². The number of halogens is 1. The minimum absolute atomic E-state index is 0.207. The van der Waals surface area contributed by atoms with Crippen molar-refractivity contribution in [3.05, 3.63) is 34.9 Å². The van der Waals surface area contributed by atoms with Gasteiger partial charge in [0.1, 0.15) is 5.60 Å². The number of likely N-dealkylation sites (tertiary alicyclic amines) is 1. The number of nitrogens with zero attached hydrogens (tertiary/aromatic N) is 1. The summed E-state index contributed by atoms with van der Waals surface area (Å²) in [6.45, 7) is 5.73. The van der Waals surface area contributed by atoms with Crippen LogP contribution in [0.4, 0.5) is 4.79 Å². The fraction of sp³-hybridized carbons (Fsp3) is 0.467. The first-order valence-corrected chi connectivity index (χ1v) is 6.95. The van der Waals surface area contributed by atoms with E-state index in [4.69, 9.17) is 16.3 Å². The molecule has 1 atom stereocenters. The van der Waals surface area contributed by atoms with Gasteiger partial charge in [-0.3, -0.25) is 4.79 Å². The molecular weight excluding hydrogens is 278 g/mol. The van der Waals surface area contributed by atoms with Crippen LogP contribution in [0.1, 0.15) is 38.7 Å². The first-order chi connectivity index (χ1) is 9.28. The summed E-state index contributed by atoms with van der Waals surface area (Å²) in [5.74, 6) is -0.499. The normalized spacial score (nSPS) is 19.3. The van der Waals surface area contributed by atoms with Crippen LogP contribution in [0, 0.1) is 0 Å². The second kappa shape index (κ2) is 5.44. The van der Waals surface area contributed by atoms with Crippen molar-refractivity contribution >= 4 is 23.6 Å². The summed E-state index contributed by atoms with van der Waals surface area (Å²) in [5, 5.41) is 0.628. The van der Waals surface area contributed by atoms with Crippen molar-refractivity contribution in [1.82, 2.24) is 4.90 Å². The van der Waals surface area contributed by atoms with Crippen LogP contribution in [-0.4, -0.2) is 29.0 Å². The molecule has 4 nitrogen and oxygen atoms in total. The molecule has 0 unspecified atom stereocenters. The Bertz CT molecular complexity index is 519. The number of benzene rings is 1. The van der Waals surface area contributed by atoms with Gasteiger partial charge < -0.3 is 4.74 Å². The van der Waals surface area contributed by atoms with Crippen LogP contribution >= 0.6 is 11.6 Å². The van der Waals surface area contributed by atoms with Gasteiger partial charge in [-0.05, 0) is 44.9 Å². The Kier molecular flexibility index (Phi) is 4.04. The zero-order valence-electron chi connectivity index (χ0n) is 11.9. The van der Waals surface area contributed by atoms with Gasteiger partial charge in [0.25, 0.3) is 0 Å². The van der Waals surface area contributed by atoms with Crippen molar-refractivity contribution in [3.8, 4) is 0 Å². The van der Waals surface area contributed by atoms with Crippen LogP contribution in [0.5, 0.6) is 0 Å². The van der Waals surface area contributed by atoms with E-state index in [9.17, 15) is 9.59 Å². The third kappa shape index (κ3) is 3.31. The van der Waals surface area contributed by atoms with Gasteiger partial charge >= 0.3 is 6.09 Å². The summed E-state index contributed by atoms with van der Waals surface area (Å²) in [4.78, 5) is 25.5. The zero-order valence-corrected chi connectivity index (χ0v) is 12.6. The van der Waals surface area contributed by atoms with E-state index in [-0.39, 0.29) is 11.8 Å². The van der Waals surface area contributed by atoms with Crippen molar-refractivity contribution in [2.45, 2.75) is 38.7 Å². The molecule has 1 fully saturated rings. The molecule has 1 aliphatic rings. The number of ether oxygens (including phenoxy) is 1. The number of rotatable bonds is 1. The molecule has 1 aliphatic heterocycles. The zero-order chi connectivity index (χ0) is 14.9. The summed E-state index contributed by atoms with van der Waals surface area (Å²) < 4.78 is 5.24. The molecule has 0 saturated carbocycles. The molecule has 0 aliphatic carbocycles. The quantitative estimate of drug-likeness (QED) is 0.795. The smallest absolute Gasteiger partial charge is 0.417 e. The molecule has 2 rings (SSSR count). The van der Waals surface area contributed by atoms with Crippen LogP contribution in [0.25, 0.3) is 0 Å². The molecule has 20 heavy (non-hydrogen) atoms. The van der Waals surface area contributed by atoms with Crippen molar-refractivity contribution in [1.29, 1.82) is 0 Å². The highest BCUT2D eigenvalue weighted by Gasteiger charge is 2.38. The maximum absolute atomic E-state index is 12.3. The first-order valence-electron chi connectivity index (χ1n) is 6.58. The first kappa shape index (κ1) is 14.9. The molecule has 1 aromatic carbocycles. The molecular formula is C15H18ClNO3. The van der Waals surface area contributed by atoms with Gasteiger partial charge in [0.05, 0.1) is 5.92 Å². The minimum atomic E-state index is -0.601. The molecule has 1 saturated heterocycles. The van der Waals surface area contributed by atoms with Gasteiger partial charge in [-0.2, -0.15) is 0 Å². The molecule has 0 aromatic heterocycles. The summed E-state index contributed by atoms with van der Waals surface area (Å²) in [7, 11) is 0. The fourth-order valence-corrected chi connectivity index (χ4v) is 2.31. The predicted molar refractivity (Wildman–Crippen MR) is 76.8 cm³/mol. The minimum Gasteiger partial charge on any atom is -0.443 e. The highest BCUT2D eigenvalue weighted by atomic mass is 35.5. The van der Waals surface area contributed by atoms with Gasteiger partial charge in [-0.25, -0.2) is 9.69 Å². The lowest BCUT2D eigenvalue weighted by Crippen LogP contribution is -2.38. The van der Waals surface area contributed by atoms with Gasteiger partial charge in [0.15, 0.2) is 0 Å². The Morgan fingerprint density at radius 2 is 1.90 bits per heavy atom. The highest BCUT2D eigenvalue weighted by molar-refractivity contribution is 6.30. The van der Waals surface area contributed by atoms with Gasteiger partial charge in [-0.1, -0.05) is 23.7 Å². The van der Waals surface area contributed by atoms with Crippen LogP contribution in [0.2, 0.25) is 5.02 Å². The third-order valence-corrected chi connectivity index (χ3v) is 3.34. The Labute approximate surface area is 123 Å². The van der Waals surface area contributed by atoms with Crippen molar-refractivity contribution in [3.63, 3.8) is 0 Å². The van der Waals surface area contributed by atoms with E-state index in [1.165, 1.54) is 4.90 Å². The number of hydrogen-bond donors (Lipinski definition) is 0. The molecule has 108 valence electrons. The molecule has 1 heterocycles. The van der Waals surface area contributed by atoms with Gasteiger partial charge in [0, 0.05) is 11.6 Å². The van der Waals surface area contributed by atoms with E-state index in [2.05, 4.69) is 0 Å². The summed E-state index contributed by atoms with van der Waals surface area (Å²) in [6.07, 6.45) is 0.0404. The lowest BCUT2D eigenvalue weighted by atomic mass is 9.98. The van der Waals surface area contributed by atoms with Crippen LogP contribution < -0.4 is 0 Å². The second-order valence-electron chi connectivity index (χ2n) is 5.86. The fourth-order valence-electron chi connectivity index (χ4n) is 2.18. The van der Waals surface area contributed by atoms with E-state index < -0.39 is 11.7 Å². The maximum atomic E-state index is 12.3. The third-order valence-electron chi connectivity index (χ3n) is 3.09. The van der Waals surface area contributed by atoms with E-state index in [1.807, 2.05) is 12.1 Å². The summed E-state index contributed by atoms with van der Waals surface area (Å²) >= 11 is 5.84. The van der Waals surface area contributed by atoms with Crippen LogP contribution in [0.15, 0.2) is 24.3 Å². The second-order valence-corrected chi connectivity index (χ2v) is 6.30. The largest absolute Gasteiger partial charge is 0.443 e. The number of hydrogen-bond acceptors (Lipinski definition) is 3. The number of carbonyl (C=O) groups is 2. The molecule has 2 amide bonds. The van der Waals surface area contributed by atoms with Crippen LogP contribution in [-0.2, 0) is 9.53 Å². The van der Waals surface area contributed by atoms with Gasteiger partial charge in [-0.15, -0.1) is 0 Å².